The first-order valence-corrected chi connectivity index (χ1v) is 7.44. The number of nitrogens with one attached hydrogen (secondary N) is 1. The quantitative estimate of drug-likeness (QED) is 0.804. The average Bonchev–Trinajstić information content (AvgIpc) is 2.41. The van der Waals surface area contributed by atoms with E-state index in [0.717, 1.165) is 42.5 Å². The number of nitrogens with zero attached hydrogens (tertiary/aromatic N) is 2. The van der Waals surface area contributed by atoms with E-state index in [9.17, 15) is 0 Å². The number of anilines is 1. The van der Waals surface area contributed by atoms with Gasteiger partial charge in [0.25, 0.3) is 0 Å². The molecule has 1 N–H and O–H groups in total. The fourth-order valence-corrected chi connectivity index (χ4v) is 2.20. The SMILES string of the molecule is CCCc1nc(Cl)cc(NCCc2ccc(Cl)cc2)n1. The highest BCUT2D eigenvalue weighted by Gasteiger charge is 2.02. The van der Waals surface area contributed by atoms with Gasteiger partial charge >= 0.3 is 0 Å². The molecule has 1 aromatic carbocycles. The molecule has 0 aliphatic carbocycles. The van der Waals surface area contributed by atoms with Crippen molar-refractivity contribution < 1.29 is 0 Å². The van der Waals surface area contributed by atoms with Crippen LogP contribution in [-0.2, 0) is 12.8 Å². The molecule has 0 radical (unpaired) electrons. The Bertz CT molecular complexity index is 556. The summed E-state index contributed by atoms with van der Waals surface area (Å²) in [5, 5.41) is 4.52. The maximum atomic E-state index is 5.99. The second-order valence-electron chi connectivity index (χ2n) is 4.55. The molecule has 20 heavy (non-hydrogen) atoms. The maximum absolute atomic E-state index is 5.99. The summed E-state index contributed by atoms with van der Waals surface area (Å²) in [7, 11) is 0. The number of aromatic nitrogens is 2. The molecule has 0 aliphatic heterocycles. The van der Waals surface area contributed by atoms with Crippen molar-refractivity contribution >= 4 is 29.0 Å². The van der Waals surface area contributed by atoms with E-state index in [4.69, 9.17) is 23.2 Å². The Kier molecular flexibility index (Phi) is 5.62. The van der Waals surface area contributed by atoms with E-state index >= 15 is 0 Å². The average molecular weight is 310 g/mol. The number of halogens is 2. The Hall–Kier alpha value is -1.32. The van der Waals surface area contributed by atoms with Crippen molar-refractivity contribution in [2.75, 3.05) is 11.9 Å². The van der Waals surface area contributed by atoms with Gasteiger partial charge in [-0.2, -0.15) is 0 Å². The molecule has 0 fully saturated rings. The summed E-state index contributed by atoms with van der Waals surface area (Å²) >= 11 is 11.9. The third-order valence-corrected chi connectivity index (χ3v) is 3.29. The Balaban J connectivity index is 1.91. The number of aryl methyl sites for hydroxylation is 1. The van der Waals surface area contributed by atoms with Crippen molar-refractivity contribution in [2.45, 2.75) is 26.2 Å². The van der Waals surface area contributed by atoms with E-state index in [1.807, 2.05) is 24.3 Å². The Morgan fingerprint density at radius 3 is 2.50 bits per heavy atom. The van der Waals surface area contributed by atoms with Crippen LogP contribution in [0.25, 0.3) is 0 Å². The number of hydrogen-bond donors (Lipinski definition) is 1. The minimum atomic E-state index is 0.484. The summed E-state index contributed by atoms with van der Waals surface area (Å²) in [6, 6.07) is 9.61. The molecule has 0 atom stereocenters. The van der Waals surface area contributed by atoms with Crippen LogP contribution in [0.5, 0.6) is 0 Å². The molecule has 2 aromatic rings. The molecule has 0 bridgehead atoms. The van der Waals surface area contributed by atoms with Crippen molar-refractivity contribution in [2.24, 2.45) is 0 Å². The van der Waals surface area contributed by atoms with Gasteiger partial charge in [-0.05, 0) is 30.5 Å². The van der Waals surface area contributed by atoms with Crippen molar-refractivity contribution in [3.63, 3.8) is 0 Å². The molecular formula is C15H17Cl2N3. The molecule has 0 unspecified atom stereocenters. The summed E-state index contributed by atoms with van der Waals surface area (Å²) in [4.78, 5) is 8.64. The van der Waals surface area contributed by atoms with Crippen molar-refractivity contribution in [3.05, 3.63) is 51.9 Å². The van der Waals surface area contributed by atoms with Gasteiger partial charge in [-0.3, -0.25) is 0 Å². The van der Waals surface area contributed by atoms with Crippen LogP contribution in [0.2, 0.25) is 10.2 Å². The van der Waals surface area contributed by atoms with Gasteiger partial charge in [0.1, 0.15) is 16.8 Å². The lowest BCUT2D eigenvalue weighted by Crippen LogP contribution is -2.08. The van der Waals surface area contributed by atoms with Gasteiger partial charge in [0.15, 0.2) is 0 Å². The van der Waals surface area contributed by atoms with Crippen LogP contribution in [-0.4, -0.2) is 16.5 Å². The molecule has 2 rings (SSSR count). The van der Waals surface area contributed by atoms with E-state index in [2.05, 4.69) is 22.2 Å². The van der Waals surface area contributed by atoms with Crippen LogP contribution in [0.4, 0.5) is 5.82 Å². The van der Waals surface area contributed by atoms with E-state index < -0.39 is 0 Å². The Morgan fingerprint density at radius 2 is 1.80 bits per heavy atom. The van der Waals surface area contributed by atoms with Crippen molar-refractivity contribution in [1.82, 2.24) is 9.97 Å². The standard InChI is InChI=1S/C15H17Cl2N3/c1-2-3-14-19-13(17)10-15(20-14)18-9-8-11-4-6-12(16)7-5-11/h4-7,10H,2-3,8-9H2,1H3,(H,18,19,20). The summed E-state index contributed by atoms with van der Waals surface area (Å²) in [5.74, 6) is 1.57. The lowest BCUT2D eigenvalue weighted by molar-refractivity contribution is 0.833. The normalized spacial score (nSPS) is 10.6. The molecule has 0 saturated carbocycles. The highest BCUT2D eigenvalue weighted by Crippen LogP contribution is 2.13. The number of benzene rings is 1. The van der Waals surface area contributed by atoms with Gasteiger partial charge < -0.3 is 5.32 Å². The molecular weight excluding hydrogens is 293 g/mol. The number of rotatable bonds is 6. The predicted molar refractivity (Wildman–Crippen MR) is 84.7 cm³/mol. The molecule has 106 valence electrons. The summed E-state index contributed by atoms with van der Waals surface area (Å²) in [5.41, 5.74) is 1.23. The lowest BCUT2D eigenvalue weighted by atomic mass is 10.1. The van der Waals surface area contributed by atoms with Gasteiger partial charge in [-0.15, -0.1) is 0 Å². The van der Waals surface area contributed by atoms with Crippen LogP contribution in [0.1, 0.15) is 24.7 Å². The molecule has 3 nitrogen and oxygen atoms in total. The fourth-order valence-electron chi connectivity index (χ4n) is 1.88. The van der Waals surface area contributed by atoms with Gasteiger partial charge in [-0.1, -0.05) is 42.3 Å². The molecule has 0 saturated heterocycles. The second kappa shape index (κ2) is 7.46. The predicted octanol–water partition coefficient (Wildman–Crippen LogP) is 4.39. The third kappa shape index (κ3) is 4.66. The van der Waals surface area contributed by atoms with Crippen molar-refractivity contribution in [3.8, 4) is 0 Å². The fraction of sp³-hybridized carbons (Fsp3) is 0.333. The van der Waals surface area contributed by atoms with Crippen LogP contribution in [0, 0.1) is 0 Å². The molecule has 0 amide bonds. The second-order valence-corrected chi connectivity index (χ2v) is 5.37. The van der Waals surface area contributed by atoms with E-state index in [1.165, 1.54) is 5.56 Å². The van der Waals surface area contributed by atoms with Gasteiger partial charge in [-0.25, -0.2) is 9.97 Å². The van der Waals surface area contributed by atoms with Gasteiger partial charge in [0.2, 0.25) is 0 Å². The first-order chi connectivity index (χ1) is 9.67. The minimum Gasteiger partial charge on any atom is -0.370 e. The first-order valence-electron chi connectivity index (χ1n) is 6.69. The Labute approximate surface area is 129 Å². The van der Waals surface area contributed by atoms with E-state index in [-0.39, 0.29) is 0 Å². The molecule has 0 aliphatic rings. The smallest absolute Gasteiger partial charge is 0.134 e. The highest BCUT2D eigenvalue weighted by atomic mass is 35.5. The summed E-state index contributed by atoms with van der Waals surface area (Å²) in [6.07, 6.45) is 2.75. The largest absolute Gasteiger partial charge is 0.370 e. The third-order valence-electron chi connectivity index (χ3n) is 2.85. The zero-order valence-corrected chi connectivity index (χ0v) is 12.9. The zero-order valence-electron chi connectivity index (χ0n) is 11.4. The monoisotopic (exact) mass is 309 g/mol. The maximum Gasteiger partial charge on any atom is 0.134 e. The first kappa shape index (κ1) is 15.1. The van der Waals surface area contributed by atoms with Crippen LogP contribution in [0.15, 0.2) is 30.3 Å². The zero-order chi connectivity index (χ0) is 14.4. The lowest BCUT2D eigenvalue weighted by Gasteiger charge is -2.08. The Morgan fingerprint density at radius 1 is 1.05 bits per heavy atom. The van der Waals surface area contributed by atoms with Crippen LogP contribution < -0.4 is 5.32 Å². The molecule has 1 aromatic heterocycles. The number of hydrogen-bond acceptors (Lipinski definition) is 3. The molecule has 0 spiro atoms. The van der Waals surface area contributed by atoms with Crippen LogP contribution >= 0.6 is 23.2 Å². The molecule has 5 heteroatoms. The highest BCUT2D eigenvalue weighted by molar-refractivity contribution is 6.30. The van der Waals surface area contributed by atoms with Crippen molar-refractivity contribution in [1.29, 1.82) is 0 Å². The molecule has 1 heterocycles. The summed E-state index contributed by atoms with van der Waals surface area (Å²) in [6.45, 7) is 2.89. The van der Waals surface area contributed by atoms with E-state index in [1.54, 1.807) is 6.07 Å². The van der Waals surface area contributed by atoms with Crippen LogP contribution in [0.3, 0.4) is 0 Å². The van der Waals surface area contributed by atoms with Gasteiger partial charge in [0.05, 0.1) is 0 Å². The van der Waals surface area contributed by atoms with E-state index in [0.29, 0.717) is 5.15 Å². The minimum absolute atomic E-state index is 0.484. The topological polar surface area (TPSA) is 37.8 Å². The van der Waals surface area contributed by atoms with Gasteiger partial charge in [0, 0.05) is 24.1 Å². The summed E-state index contributed by atoms with van der Waals surface area (Å²) < 4.78 is 0.